The van der Waals surface area contributed by atoms with Gasteiger partial charge >= 0.3 is 6.03 Å². The van der Waals surface area contributed by atoms with Gasteiger partial charge in [0.1, 0.15) is 5.67 Å². The fraction of sp³-hybridized carbons (Fsp3) is 0.579. The van der Waals surface area contributed by atoms with Gasteiger partial charge in [0.05, 0.1) is 13.2 Å². The molecule has 1 aromatic carbocycles. The van der Waals surface area contributed by atoms with Crippen molar-refractivity contribution in [1.82, 2.24) is 16.0 Å². The number of alkyl halides is 1. The summed E-state index contributed by atoms with van der Waals surface area (Å²) in [5, 5.41) is 8.20. The number of carbonyl (C=O) groups excluding carboxylic acids is 2. The number of methoxy groups -OCH3 is 1. The van der Waals surface area contributed by atoms with E-state index in [1.165, 1.54) is 0 Å². The molecule has 1 aromatic rings. The summed E-state index contributed by atoms with van der Waals surface area (Å²) in [5.41, 5.74) is -0.838. The van der Waals surface area contributed by atoms with Gasteiger partial charge in [0.2, 0.25) is 0 Å². The molecular weight excluding hydrogens is 337 g/mol. The van der Waals surface area contributed by atoms with Crippen molar-refractivity contribution in [3.8, 4) is 0 Å². The fourth-order valence-electron chi connectivity index (χ4n) is 3.07. The van der Waals surface area contributed by atoms with Gasteiger partial charge in [-0.3, -0.25) is 4.79 Å². The zero-order valence-electron chi connectivity index (χ0n) is 15.2. The van der Waals surface area contributed by atoms with E-state index in [1.54, 1.807) is 31.4 Å². The standard InChI is InChI=1S/C19H28FN3O3/c1-26-12-11-21-18(25)22-13-15-7-9-19(20,10-8-15)14-23-17(24)16-5-3-2-4-6-16/h2-6,15H,7-14H2,1H3,(H,23,24)(H2,21,22,25). The lowest BCUT2D eigenvalue weighted by molar-refractivity contribution is 0.0719. The first-order valence-corrected chi connectivity index (χ1v) is 9.05. The van der Waals surface area contributed by atoms with E-state index in [2.05, 4.69) is 16.0 Å². The number of halogens is 1. The first kappa shape index (κ1) is 20.2. The highest BCUT2D eigenvalue weighted by Crippen LogP contribution is 2.34. The van der Waals surface area contributed by atoms with Gasteiger partial charge in [-0.05, 0) is 43.7 Å². The van der Waals surface area contributed by atoms with E-state index >= 15 is 0 Å². The second-order valence-corrected chi connectivity index (χ2v) is 6.77. The molecule has 144 valence electrons. The second-order valence-electron chi connectivity index (χ2n) is 6.77. The molecule has 0 saturated heterocycles. The zero-order valence-corrected chi connectivity index (χ0v) is 15.2. The minimum Gasteiger partial charge on any atom is -0.383 e. The van der Waals surface area contributed by atoms with Crippen LogP contribution in [0, 0.1) is 5.92 Å². The van der Waals surface area contributed by atoms with E-state index in [-0.39, 0.29) is 24.4 Å². The lowest BCUT2D eigenvalue weighted by atomic mass is 9.80. The van der Waals surface area contributed by atoms with Gasteiger partial charge in [-0.25, -0.2) is 9.18 Å². The molecule has 26 heavy (non-hydrogen) atoms. The minimum absolute atomic E-state index is 0.0262. The second kappa shape index (κ2) is 10.1. The van der Waals surface area contributed by atoms with Crippen LogP contribution in [0.3, 0.4) is 0 Å². The number of hydrogen-bond donors (Lipinski definition) is 3. The number of benzene rings is 1. The molecule has 0 radical (unpaired) electrons. The third kappa shape index (κ3) is 6.63. The predicted molar refractivity (Wildman–Crippen MR) is 97.8 cm³/mol. The Hall–Kier alpha value is -2.15. The molecule has 1 aliphatic rings. The van der Waals surface area contributed by atoms with Crippen LogP contribution in [-0.2, 0) is 4.74 Å². The summed E-state index contributed by atoms with van der Waals surface area (Å²) in [6.07, 6.45) is 2.16. The number of rotatable bonds is 8. The van der Waals surface area contributed by atoms with Crippen LogP contribution in [0.4, 0.5) is 9.18 Å². The van der Waals surface area contributed by atoms with Gasteiger partial charge in [-0.15, -0.1) is 0 Å². The summed E-state index contributed by atoms with van der Waals surface area (Å²) in [6.45, 7) is 1.49. The van der Waals surface area contributed by atoms with Crippen LogP contribution in [0.25, 0.3) is 0 Å². The van der Waals surface area contributed by atoms with Gasteiger partial charge < -0.3 is 20.7 Å². The molecule has 3 N–H and O–H groups in total. The Morgan fingerprint density at radius 1 is 1.15 bits per heavy atom. The zero-order chi connectivity index (χ0) is 18.8. The first-order chi connectivity index (χ1) is 12.5. The third-order valence-electron chi connectivity index (χ3n) is 4.75. The Morgan fingerprint density at radius 3 is 2.50 bits per heavy atom. The van der Waals surface area contributed by atoms with Crippen LogP contribution in [-0.4, -0.2) is 51.0 Å². The molecule has 0 aliphatic heterocycles. The molecule has 0 atom stereocenters. The smallest absolute Gasteiger partial charge is 0.314 e. The molecule has 7 heteroatoms. The quantitative estimate of drug-likeness (QED) is 0.618. The maximum atomic E-state index is 14.9. The lowest BCUT2D eigenvalue weighted by Crippen LogP contribution is -2.44. The predicted octanol–water partition coefficient (Wildman–Crippen LogP) is 2.26. The van der Waals surface area contributed by atoms with Crippen molar-refractivity contribution in [3.05, 3.63) is 35.9 Å². The number of carbonyl (C=O) groups is 2. The minimum atomic E-state index is -1.37. The Labute approximate surface area is 153 Å². The van der Waals surface area contributed by atoms with Crippen molar-refractivity contribution in [1.29, 1.82) is 0 Å². The Kier molecular flexibility index (Phi) is 7.84. The number of ether oxygens (including phenoxy) is 1. The van der Waals surface area contributed by atoms with E-state index < -0.39 is 5.67 Å². The Morgan fingerprint density at radius 2 is 1.85 bits per heavy atom. The number of amides is 3. The van der Waals surface area contributed by atoms with Crippen molar-refractivity contribution in [2.45, 2.75) is 31.4 Å². The molecule has 2 rings (SSSR count). The molecule has 1 saturated carbocycles. The van der Waals surface area contributed by atoms with E-state index in [1.807, 2.05) is 6.07 Å². The fourth-order valence-corrected chi connectivity index (χ4v) is 3.07. The summed E-state index contributed by atoms with van der Waals surface area (Å²) >= 11 is 0. The molecule has 0 aromatic heterocycles. The molecule has 6 nitrogen and oxygen atoms in total. The SMILES string of the molecule is COCCNC(=O)NCC1CCC(F)(CNC(=O)c2ccccc2)CC1. The molecule has 0 bridgehead atoms. The normalized spacial score (nSPS) is 22.5. The monoisotopic (exact) mass is 365 g/mol. The van der Waals surface area contributed by atoms with Crippen LogP contribution in [0.15, 0.2) is 30.3 Å². The summed E-state index contributed by atoms with van der Waals surface area (Å²) < 4.78 is 19.8. The molecule has 0 spiro atoms. The highest BCUT2D eigenvalue weighted by molar-refractivity contribution is 5.94. The van der Waals surface area contributed by atoms with Crippen LogP contribution in [0.5, 0.6) is 0 Å². The van der Waals surface area contributed by atoms with Crippen molar-refractivity contribution in [2.75, 3.05) is 33.4 Å². The maximum absolute atomic E-state index is 14.9. The number of nitrogens with one attached hydrogen (secondary N) is 3. The largest absolute Gasteiger partial charge is 0.383 e. The van der Waals surface area contributed by atoms with Gasteiger partial charge in [0.15, 0.2) is 0 Å². The Balaban J connectivity index is 1.66. The van der Waals surface area contributed by atoms with Crippen LogP contribution in [0.1, 0.15) is 36.0 Å². The average molecular weight is 365 g/mol. The summed E-state index contributed by atoms with van der Waals surface area (Å²) in [5.74, 6) is 0.0102. The molecule has 3 amide bonds. The van der Waals surface area contributed by atoms with E-state index in [0.717, 1.165) is 0 Å². The summed E-state index contributed by atoms with van der Waals surface area (Å²) in [7, 11) is 1.58. The molecule has 0 unspecified atom stereocenters. The van der Waals surface area contributed by atoms with E-state index in [4.69, 9.17) is 4.74 Å². The van der Waals surface area contributed by atoms with E-state index in [9.17, 15) is 14.0 Å². The van der Waals surface area contributed by atoms with Gasteiger partial charge in [0, 0.05) is 25.8 Å². The summed E-state index contributed by atoms with van der Waals surface area (Å²) in [4.78, 5) is 23.6. The van der Waals surface area contributed by atoms with Gasteiger partial charge in [-0.1, -0.05) is 18.2 Å². The summed E-state index contributed by atoms with van der Waals surface area (Å²) in [6, 6.07) is 8.59. The highest BCUT2D eigenvalue weighted by Gasteiger charge is 2.35. The number of urea groups is 1. The number of hydrogen-bond acceptors (Lipinski definition) is 3. The van der Waals surface area contributed by atoms with Crippen molar-refractivity contribution < 1.29 is 18.7 Å². The maximum Gasteiger partial charge on any atom is 0.314 e. The molecule has 1 fully saturated rings. The first-order valence-electron chi connectivity index (χ1n) is 9.05. The van der Waals surface area contributed by atoms with Crippen LogP contribution in [0.2, 0.25) is 0 Å². The van der Waals surface area contributed by atoms with Gasteiger partial charge in [0.25, 0.3) is 5.91 Å². The highest BCUT2D eigenvalue weighted by atomic mass is 19.1. The topological polar surface area (TPSA) is 79.5 Å². The molecule has 0 heterocycles. The molecule has 1 aliphatic carbocycles. The third-order valence-corrected chi connectivity index (χ3v) is 4.75. The van der Waals surface area contributed by atoms with Gasteiger partial charge in [-0.2, -0.15) is 0 Å². The average Bonchev–Trinajstić information content (AvgIpc) is 2.67. The molecular formula is C19H28FN3O3. The van der Waals surface area contributed by atoms with E-state index in [0.29, 0.717) is 50.9 Å². The van der Waals surface area contributed by atoms with Crippen molar-refractivity contribution in [3.63, 3.8) is 0 Å². The van der Waals surface area contributed by atoms with Crippen LogP contribution < -0.4 is 16.0 Å². The Bertz CT molecular complexity index is 575. The van der Waals surface area contributed by atoms with Crippen LogP contribution >= 0.6 is 0 Å². The van der Waals surface area contributed by atoms with Crippen molar-refractivity contribution in [2.24, 2.45) is 5.92 Å². The lowest BCUT2D eigenvalue weighted by Gasteiger charge is -2.34. The van der Waals surface area contributed by atoms with Crippen molar-refractivity contribution >= 4 is 11.9 Å².